The van der Waals surface area contributed by atoms with E-state index in [1.54, 1.807) is 18.2 Å². The van der Waals surface area contributed by atoms with Crippen LogP contribution < -0.4 is 0 Å². The van der Waals surface area contributed by atoms with Gasteiger partial charge in [-0.05, 0) is 83.0 Å². The first kappa shape index (κ1) is 16.4. The first-order valence-electron chi connectivity index (χ1n) is 21.6. The molecule has 0 bridgehead atoms. The molecule has 0 saturated heterocycles. The monoisotopic (exact) mass is 609 g/mol. The van der Waals surface area contributed by atoms with Crippen LogP contribution in [0.2, 0.25) is 0 Å². The molecule has 0 radical (unpaired) electrons. The highest BCUT2D eigenvalue weighted by Crippen LogP contribution is 2.48. The molecule has 47 heavy (non-hydrogen) atoms. The Morgan fingerprint density at radius 3 is 1.72 bits per heavy atom. The molecule has 10 aromatic rings. The van der Waals surface area contributed by atoms with E-state index in [4.69, 9.17) is 16.8 Å². The van der Waals surface area contributed by atoms with Gasteiger partial charge in [-0.15, -0.1) is 0 Å². The Morgan fingerprint density at radius 1 is 0.404 bits per heavy atom. The molecule has 10 rings (SSSR count). The van der Waals surface area contributed by atoms with Crippen LogP contribution in [0.1, 0.15) is 17.8 Å². The smallest absolute Gasteiger partial charge is 0.143 e. The lowest BCUT2D eigenvalue weighted by Gasteiger charge is -2.18. The Morgan fingerprint density at radius 2 is 0.979 bits per heavy atom. The number of para-hydroxylation sites is 1. The average Bonchev–Trinajstić information content (AvgIpc) is 3.66. The van der Waals surface area contributed by atoms with Crippen molar-refractivity contribution in [2.45, 2.75) is 0 Å². The van der Waals surface area contributed by atoms with Gasteiger partial charge in [-0.2, -0.15) is 0 Å². The number of hydrogen-bond donors (Lipinski definition) is 0. The molecule has 0 unspecified atom stereocenters. The maximum Gasteiger partial charge on any atom is 0.143 e. The number of furan rings is 1. The summed E-state index contributed by atoms with van der Waals surface area (Å²) < 4.78 is 123. The molecule has 9 aromatic carbocycles. The largest absolute Gasteiger partial charge is 0.455 e. The second kappa shape index (κ2) is 10.2. The van der Waals surface area contributed by atoms with Crippen molar-refractivity contribution in [1.82, 2.24) is 0 Å². The normalized spacial score (nSPS) is 15.7. The SMILES string of the molecule is [2H]c1c([2H])c([2H])c(-c2c3c([2H])c([2H])c([2H])c([2H])c3c(-c3cccc4oc5c(-c6cc7ccccc7c7ccccc67)cccc5c34)c3c([2H])c([2H])c([2H])c([2H])c23)c([2H])c1[2H]. The Hall–Kier alpha value is -6.18. The average molecular weight is 610 g/mol. The first-order chi connectivity index (χ1) is 28.7. The van der Waals surface area contributed by atoms with Crippen molar-refractivity contribution in [2.24, 2.45) is 0 Å². The van der Waals surface area contributed by atoms with Crippen LogP contribution in [0.25, 0.3) is 98.4 Å². The Labute approximate surface area is 290 Å². The fourth-order valence-corrected chi connectivity index (χ4v) is 7.06. The van der Waals surface area contributed by atoms with Crippen LogP contribution in [-0.4, -0.2) is 0 Å². The molecule has 0 amide bonds. The third-order valence-corrected chi connectivity index (χ3v) is 8.98. The Bertz CT molecular complexity index is 3480. The topological polar surface area (TPSA) is 13.1 Å². The van der Waals surface area contributed by atoms with Gasteiger partial charge in [-0.3, -0.25) is 0 Å². The van der Waals surface area contributed by atoms with E-state index >= 15 is 0 Å². The molecule has 0 fully saturated rings. The van der Waals surface area contributed by atoms with Gasteiger partial charge in [-0.1, -0.05) is 157 Å². The van der Waals surface area contributed by atoms with Gasteiger partial charge in [0.25, 0.3) is 0 Å². The van der Waals surface area contributed by atoms with Crippen LogP contribution in [0.4, 0.5) is 0 Å². The zero-order chi connectivity index (χ0) is 42.2. The zero-order valence-electron chi connectivity index (χ0n) is 37.6. The summed E-state index contributed by atoms with van der Waals surface area (Å²) in [5.74, 6) is 0. The second-order valence-corrected chi connectivity index (χ2v) is 11.4. The van der Waals surface area contributed by atoms with Crippen molar-refractivity contribution in [1.29, 1.82) is 0 Å². The van der Waals surface area contributed by atoms with Crippen LogP contribution >= 0.6 is 0 Å². The van der Waals surface area contributed by atoms with E-state index in [1.807, 2.05) is 42.5 Å². The van der Waals surface area contributed by atoms with Crippen LogP contribution in [-0.2, 0) is 0 Å². The minimum absolute atomic E-state index is 0.0463. The molecule has 0 aliphatic rings. The van der Waals surface area contributed by atoms with Crippen LogP contribution in [0.15, 0.2) is 174 Å². The lowest BCUT2D eigenvalue weighted by Crippen LogP contribution is -1.91. The number of hydrogen-bond acceptors (Lipinski definition) is 1. The van der Waals surface area contributed by atoms with Crippen molar-refractivity contribution in [3.63, 3.8) is 0 Å². The molecule has 0 aliphatic carbocycles. The lowest BCUT2D eigenvalue weighted by molar-refractivity contribution is 0.670. The fraction of sp³-hybridized carbons (Fsp3) is 0. The van der Waals surface area contributed by atoms with E-state index < -0.39 is 84.1 Å². The maximum atomic E-state index is 9.42. The van der Waals surface area contributed by atoms with Gasteiger partial charge in [0.1, 0.15) is 11.2 Å². The van der Waals surface area contributed by atoms with Gasteiger partial charge < -0.3 is 4.42 Å². The Kier molecular flexibility index (Phi) is 3.55. The molecule has 1 nitrogen and oxygen atoms in total. The summed E-state index contributed by atoms with van der Waals surface area (Å²) in [7, 11) is 0. The molecule has 1 aromatic heterocycles. The fourth-order valence-electron chi connectivity index (χ4n) is 7.06. The molecular weight excluding hydrogens is 569 g/mol. The van der Waals surface area contributed by atoms with Crippen LogP contribution in [0.5, 0.6) is 0 Å². The highest BCUT2D eigenvalue weighted by molar-refractivity contribution is 6.26. The summed E-state index contributed by atoms with van der Waals surface area (Å²) in [5.41, 5.74) is 2.22. The van der Waals surface area contributed by atoms with E-state index in [1.165, 1.54) is 0 Å². The predicted octanol–water partition coefficient (Wildman–Crippen LogP) is 13.2. The third-order valence-electron chi connectivity index (χ3n) is 8.98. The van der Waals surface area contributed by atoms with Gasteiger partial charge in [0.05, 0.1) is 17.8 Å². The van der Waals surface area contributed by atoms with Gasteiger partial charge in [0, 0.05) is 16.3 Å². The van der Waals surface area contributed by atoms with Gasteiger partial charge >= 0.3 is 0 Å². The van der Waals surface area contributed by atoms with Crippen molar-refractivity contribution in [2.75, 3.05) is 0 Å². The number of fused-ring (bicyclic) bond motifs is 8. The molecule has 218 valence electrons. The molecule has 0 N–H and O–H groups in total. The number of rotatable bonds is 3. The van der Waals surface area contributed by atoms with Gasteiger partial charge in [0.2, 0.25) is 0 Å². The summed E-state index contributed by atoms with van der Waals surface area (Å²) in [4.78, 5) is 0. The maximum absolute atomic E-state index is 9.42. The standard InChI is InChI=1S/C46H28O/c1-2-14-29(15-3-1)43-34-20-8-10-22-36(34)44(37-23-11-9-21-35(37)43)39-25-13-27-42-45(39)40-26-12-24-38(46(40)47-42)41-28-30-16-4-5-17-31(30)32-18-6-7-19-33(32)41/h1-28H/i1D,2D,3D,8D,9D,10D,11D,14D,15D,20D,21D,22D,23D. The Balaban J connectivity index is 1.43. The summed E-state index contributed by atoms with van der Waals surface area (Å²) in [6, 6.07) is 20.8. The highest BCUT2D eigenvalue weighted by atomic mass is 16.3. The molecule has 0 aliphatic heterocycles. The quantitative estimate of drug-likeness (QED) is 0.143. The molecule has 0 spiro atoms. The summed E-state index contributed by atoms with van der Waals surface area (Å²) >= 11 is 0. The third kappa shape index (κ3) is 3.84. The minimum atomic E-state index is -0.720. The second-order valence-electron chi connectivity index (χ2n) is 11.4. The molecule has 0 saturated carbocycles. The number of benzene rings is 9. The predicted molar refractivity (Wildman–Crippen MR) is 200 cm³/mol. The van der Waals surface area contributed by atoms with E-state index in [2.05, 4.69) is 30.3 Å². The molecule has 1 heteroatoms. The summed E-state index contributed by atoms with van der Waals surface area (Å²) in [5, 5.41) is 4.48. The van der Waals surface area contributed by atoms with E-state index in [0.29, 0.717) is 27.5 Å². The van der Waals surface area contributed by atoms with Crippen molar-refractivity contribution >= 4 is 65.0 Å². The minimum Gasteiger partial charge on any atom is -0.455 e. The van der Waals surface area contributed by atoms with E-state index in [9.17, 15) is 5.48 Å². The van der Waals surface area contributed by atoms with E-state index in [0.717, 1.165) is 32.7 Å². The van der Waals surface area contributed by atoms with E-state index in [-0.39, 0.29) is 32.7 Å². The van der Waals surface area contributed by atoms with Gasteiger partial charge in [0.15, 0.2) is 0 Å². The van der Waals surface area contributed by atoms with Crippen molar-refractivity contribution < 1.29 is 22.2 Å². The van der Waals surface area contributed by atoms with Crippen molar-refractivity contribution in [3.8, 4) is 33.4 Å². The van der Waals surface area contributed by atoms with Crippen molar-refractivity contribution in [3.05, 3.63) is 170 Å². The zero-order valence-corrected chi connectivity index (χ0v) is 24.6. The lowest BCUT2D eigenvalue weighted by atomic mass is 9.85. The van der Waals surface area contributed by atoms with Crippen LogP contribution in [0.3, 0.4) is 0 Å². The highest BCUT2D eigenvalue weighted by Gasteiger charge is 2.21. The summed E-state index contributed by atoms with van der Waals surface area (Å²) in [6.45, 7) is 0. The van der Waals surface area contributed by atoms with Crippen LogP contribution in [0, 0.1) is 0 Å². The molecular formula is C46H28O. The molecule has 0 atom stereocenters. The first-order valence-corrected chi connectivity index (χ1v) is 15.1. The summed E-state index contributed by atoms with van der Waals surface area (Å²) in [6.07, 6.45) is 0. The van der Waals surface area contributed by atoms with Gasteiger partial charge in [-0.25, -0.2) is 0 Å². The molecule has 1 heterocycles.